The van der Waals surface area contributed by atoms with Gasteiger partial charge in [-0.05, 0) is 42.0 Å². The average molecular weight is 273 g/mol. The van der Waals surface area contributed by atoms with Crippen molar-refractivity contribution in [3.8, 4) is 0 Å². The lowest BCUT2D eigenvalue weighted by atomic mass is 9.87. The quantitative estimate of drug-likeness (QED) is 0.916. The summed E-state index contributed by atoms with van der Waals surface area (Å²) in [5.74, 6) is 0.816. The molecule has 0 aliphatic carbocycles. The topological polar surface area (TPSA) is 38.3 Å². The van der Waals surface area contributed by atoms with Crippen molar-refractivity contribution in [3.63, 3.8) is 0 Å². The molecule has 0 saturated carbocycles. The Kier molecular flexibility index (Phi) is 4.48. The van der Waals surface area contributed by atoms with Crippen molar-refractivity contribution in [3.05, 3.63) is 47.2 Å². The first kappa shape index (κ1) is 14.6. The molecule has 1 aromatic rings. The van der Waals surface area contributed by atoms with Gasteiger partial charge in [0.25, 0.3) is 5.91 Å². The predicted octanol–water partition coefficient (Wildman–Crippen LogP) is 3.41. The SMILES string of the molecule is CC(C)(C)c1ccc(C(=O)NCC2=CCCCO2)cc1. The van der Waals surface area contributed by atoms with Gasteiger partial charge in [0.05, 0.1) is 13.2 Å². The number of ether oxygens (including phenoxy) is 1. The number of amides is 1. The molecule has 0 bridgehead atoms. The largest absolute Gasteiger partial charge is 0.496 e. The molecule has 108 valence electrons. The molecule has 1 aliphatic rings. The van der Waals surface area contributed by atoms with E-state index < -0.39 is 0 Å². The second kappa shape index (κ2) is 6.12. The zero-order valence-electron chi connectivity index (χ0n) is 12.5. The van der Waals surface area contributed by atoms with Gasteiger partial charge in [0.2, 0.25) is 0 Å². The number of carbonyl (C=O) groups excluding carboxylic acids is 1. The van der Waals surface area contributed by atoms with E-state index in [1.807, 2.05) is 30.3 Å². The minimum absolute atomic E-state index is 0.0551. The summed E-state index contributed by atoms with van der Waals surface area (Å²) in [7, 11) is 0. The Morgan fingerprint density at radius 2 is 1.95 bits per heavy atom. The highest BCUT2D eigenvalue weighted by molar-refractivity contribution is 5.94. The Morgan fingerprint density at radius 3 is 2.50 bits per heavy atom. The molecule has 3 nitrogen and oxygen atoms in total. The Bertz CT molecular complexity index is 495. The number of rotatable bonds is 3. The van der Waals surface area contributed by atoms with Gasteiger partial charge in [-0.15, -0.1) is 0 Å². The summed E-state index contributed by atoms with van der Waals surface area (Å²) in [5.41, 5.74) is 2.03. The summed E-state index contributed by atoms with van der Waals surface area (Å²) in [5, 5.41) is 2.89. The van der Waals surface area contributed by atoms with Gasteiger partial charge >= 0.3 is 0 Å². The lowest BCUT2D eigenvalue weighted by molar-refractivity contribution is 0.0943. The maximum absolute atomic E-state index is 12.1. The molecule has 0 atom stereocenters. The molecule has 3 heteroatoms. The third-order valence-electron chi connectivity index (χ3n) is 3.44. The van der Waals surface area contributed by atoms with Crippen molar-refractivity contribution in [2.24, 2.45) is 0 Å². The summed E-state index contributed by atoms with van der Waals surface area (Å²) in [4.78, 5) is 12.1. The van der Waals surface area contributed by atoms with E-state index in [1.54, 1.807) is 0 Å². The van der Waals surface area contributed by atoms with Crippen LogP contribution in [0.1, 0.15) is 49.5 Å². The molecule has 0 aromatic heterocycles. The van der Waals surface area contributed by atoms with E-state index in [4.69, 9.17) is 4.74 Å². The van der Waals surface area contributed by atoms with Crippen LogP contribution in [-0.2, 0) is 10.2 Å². The van der Waals surface area contributed by atoms with Gasteiger partial charge in [-0.1, -0.05) is 32.9 Å². The van der Waals surface area contributed by atoms with Gasteiger partial charge in [0.1, 0.15) is 5.76 Å². The molecule has 0 saturated heterocycles. The van der Waals surface area contributed by atoms with Gasteiger partial charge in [-0.3, -0.25) is 4.79 Å². The smallest absolute Gasteiger partial charge is 0.251 e. The lowest BCUT2D eigenvalue weighted by Gasteiger charge is -2.19. The van der Waals surface area contributed by atoms with Crippen LogP contribution in [-0.4, -0.2) is 19.1 Å². The third kappa shape index (κ3) is 3.86. The molecule has 0 spiro atoms. The third-order valence-corrected chi connectivity index (χ3v) is 3.44. The number of allylic oxidation sites excluding steroid dienone is 1. The van der Waals surface area contributed by atoms with E-state index >= 15 is 0 Å². The van der Waals surface area contributed by atoms with Crippen molar-refractivity contribution in [2.45, 2.75) is 39.0 Å². The summed E-state index contributed by atoms with van der Waals surface area (Å²) >= 11 is 0. The molecule has 1 amide bonds. The Balaban J connectivity index is 1.94. The highest BCUT2D eigenvalue weighted by atomic mass is 16.5. The first-order valence-electron chi connectivity index (χ1n) is 7.17. The Hall–Kier alpha value is -1.77. The van der Waals surface area contributed by atoms with Gasteiger partial charge in [0, 0.05) is 5.56 Å². The summed E-state index contributed by atoms with van der Waals surface area (Å²) in [6.45, 7) is 7.71. The van der Waals surface area contributed by atoms with Gasteiger partial charge in [0.15, 0.2) is 0 Å². The van der Waals surface area contributed by atoms with Crippen molar-refractivity contribution in [1.29, 1.82) is 0 Å². The Labute approximate surface area is 121 Å². The zero-order valence-corrected chi connectivity index (χ0v) is 12.5. The highest BCUT2D eigenvalue weighted by Gasteiger charge is 2.14. The van der Waals surface area contributed by atoms with E-state index in [2.05, 4.69) is 26.1 Å². The second-order valence-corrected chi connectivity index (χ2v) is 6.17. The molecule has 0 unspecified atom stereocenters. The Morgan fingerprint density at radius 1 is 1.25 bits per heavy atom. The van der Waals surface area contributed by atoms with Crippen LogP contribution in [0.3, 0.4) is 0 Å². The second-order valence-electron chi connectivity index (χ2n) is 6.17. The fraction of sp³-hybridized carbons (Fsp3) is 0.471. The normalized spacial score (nSPS) is 15.2. The maximum Gasteiger partial charge on any atom is 0.251 e. The standard InChI is InChI=1S/C17H23NO2/c1-17(2,3)14-9-7-13(8-10-14)16(19)18-12-15-6-4-5-11-20-15/h6-10H,4-5,11-12H2,1-3H3,(H,18,19). The van der Waals surface area contributed by atoms with Crippen molar-refractivity contribution >= 4 is 5.91 Å². The van der Waals surface area contributed by atoms with Crippen LogP contribution in [0.15, 0.2) is 36.1 Å². The summed E-state index contributed by atoms with van der Waals surface area (Å²) in [6.07, 6.45) is 4.14. The lowest BCUT2D eigenvalue weighted by Crippen LogP contribution is -2.27. The van der Waals surface area contributed by atoms with Crippen molar-refractivity contribution in [1.82, 2.24) is 5.32 Å². The first-order chi connectivity index (χ1) is 9.47. The molecule has 1 aliphatic heterocycles. The van der Waals surface area contributed by atoms with Crippen molar-refractivity contribution < 1.29 is 9.53 Å². The predicted molar refractivity (Wildman–Crippen MR) is 80.7 cm³/mol. The van der Waals surface area contributed by atoms with Crippen LogP contribution in [0.5, 0.6) is 0 Å². The van der Waals surface area contributed by atoms with Crippen LogP contribution in [0.2, 0.25) is 0 Å². The van der Waals surface area contributed by atoms with E-state index in [9.17, 15) is 4.79 Å². The number of hydrogen-bond donors (Lipinski definition) is 1. The first-order valence-corrected chi connectivity index (χ1v) is 7.17. The fourth-order valence-electron chi connectivity index (χ4n) is 2.12. The molecule has 20 heavy (non-hydrogen) atoms. The van der Waals surface area contributed by atoms with Crippen LogP contribution < -0.4 is 5.32 Å². The maximum atomic E-state index is 12.1. The van der Waals surface area contributed by atoms with E-state index in [0.29, 0.717) is 12.1 Å². The van der Waals surface area contributed by atoms with Crippen LogP contribution in [0.4, 0.5) is 0 Å². The molecule has 2 rings (SSSR count). The molecule has 1 N–H and O–H groups in total. The fourth-order valence-corrected chi connectivity index (χ4v) is 2.12. The molecule has 0 fully saturated rings. The monoisotopic (exact) mass is 273 g/mol. The van der Waals surface area contributed by atoms with Crippen LogP contribution >= 0.6 is 0 Å². The molecule has 1 aromatic carbocycles. The van der Waals surface area contributed by atoms with E-state index in [-0.39, 0.29) is 11.3 Å². The molecule has 0 radical (unpaired) electrons. The number of nitrogens with one attached hydrogen (secondary N) is 1. The number of benzene rings is 1. The van der Waals surface area contributed by atoms with Crippen molar-refractivity contribution in [2.75, 3.05) is 13.2 Å². The average Bonchev–Trinajstić information content (AvgIpc) is 2.45. The van der Waals surface area contributed by atoms with Crippen LogP contribution in [0, 0.1) is 0 Å². The summed E-state index contributed by atoms with van der Waals surface area (Å²) in [6, 6.07) is 7.80. The zero-order chi connectivity index (χ0) is 14.6. The van der Waals surface area contributed by atoms with Crippen LogP contribution in [0.25, 0.3) is 0 Å². The van der Waals surface area contributed by atoms with Gasteiger partial charge < -0.3 is 10.1 Å². The minimum Gasteiger partial charge on any atom is -0.496 e. The van der Waals surface area contributed by atoms with E-state index in [1.165, 1.54) is 5.56 Å². The minimum atomic E-state index is -0.0551. The highest BCUT2D eigenvalue weighted by Crippen LogP contribution is 2.22. The number of carbonyl (C=O) groups is 1. The number of hydrogen-bond acceptors (Lipinski definition) is 2. The molecular weight excluding hydrogens is 250 g/mol. The van der Waals surface area contributed by atoms with Gasteiger partial charge in [-0.2, -0.15) is 0 Å². The van der Waals surface area contributed by atoms with E-state index in [0.717, 1.165) is 25.2 Å². The molecular formula is C17H23NO2. The van der Waals surface area contributed by atoms with Gasteiger partial charge in [-0.25, -0.2) is 0 Å². The summed E-state index contributed by atoms with van der Waals surface area (Å²) < 4.78 is 5.47. The molecule has 1 heterocycles.